The van der Waals surface area contributed by atoms with Crippen LogP contribution in [0.4, 0.5) is 8.78 Å². The van der Waals surface area contributed by atoms with E-state index >= 15 is 0 Å². The summed E-state index contributed by atoms with van der Waals surface area (Å²) < 4.78 is 30.4. The van der Waals surface area contributed by atoms with Crippen LogP contribution in [0.3, 0.4) is 0 Å². The molecule has 0 bridgehead atoms. The van der Waals surface area contributed by atoms with E-state index in [9.17, 15) is 8.78 Å². The summed E-state index contributed by atoms with van der Waals surface area (Å²) in [6, 6.07) is 0. The van der Waals surface area contributed by atoms with Crippen LogP contribution in [0.15, 0.2) is 12.2 Å². The van der Waals surface area contributed by atoms with E-state index in [0.717, 1.165) is 50.5 Å². The predicted octanol–water partition coefficient (Wildman–Crippen LogP) is 5.56. The fraction of sp³-hybridized carbons (Fsp3) is 0.882. The molecule has 0 aromatic heterocycles. The standard InChI is InChI=1S/C17H28F2O/c1-2-11-20-16-9-7-15(8-10-16)14-5-3-13(4-6-14)12-17(18)19/h12-16H,2-11H2,1H3. The van der Waals surface area contributed by atoms with E-state index in [0.29, 0.717) is 6.10 Å². The van der Waals surface area contributed by atoms with Crippen LogP contribution in [0.1, 0.15) is 64.7 Å². The molecule has 20 heavy (non-hydrogen) atoms. The molecule has 0 aromatic rings. The van der Waals surface area contributed by atoms with E-state index in [2.05, 4.69) is 6.92 Å². The Balaban J connectivity index is 1.69. The zero-order valence-corrected chi connectivity index (χ0v) is 12.6. The van der Waals surface area contributed by atoms with Crippen molar-refractivity contribution in [2.24, 2.45) is 17.8 Å². The molecule has 2 aliphatic carbocycles. The molecular formula is C17H28F2O. The van der Waals surface area contributed by atoms with Gasteiger partial charge in [-0.05, 0) is 81.6 Å². The quantitative estimate of drug-likeness (QED) is 0.643. The van der Waals surface area contributed by atoms with Crippen molar-refractivity contribution in [2.45, 2.75) is 70.8 Å². The highest BCUT2D eigenvalue weighted by molar-refractivity contribution is 4.92. The van der Waals surface area contributed by atoms with Gasteiger partial charge in [-0.3, -0.25) is 0 Å². The van der Waals surface area contributed by atoms with Crippen LogP contribution in [0.25, 0.3) is 0 Å². The van der Waals surface area contributed by atoms with Crippen molar-refractivity contribution in [3.63, 3.8) is 0 Å². The lowest BCUT2D eigenvalue weighted by Gasteiger charge is -2.37. The average Bonchev–Trinajstić information content (AvgIpc) is 2.46. The molecular weight excluding hydrogens is 258 g/mol. The Labute approximate surface area is 121 Å². The van der Waals surface area contributed by atoms with Gasteiger partial charge in [-0.25, -0.2) is 0 Å². The Morgan fingerprint density at radius 3 is 2.00 bits per heavy atom. The zero-order chi connectivity index (χ0) is 14.4. The van der Waals surface area contributed by atoms with Crippen molar-refractivity contribution in [3.8, 4) is 0 Å². The molecule has 1 nitrogen and oxygen atoms in total. The van der Waals surface area contributed by atoms with Crippen molar-refractivity contribution >= 4 is 0 Å². The van der Waals surface area contributed by atoms with Crippen molar-refractivity contribution in [2.75, 3.05) is 6.61 Å². The first-order chi connectivity index (χ1) is 9.69. The monoisotopic (exact) mass is 286 g/mol. The molecule has 0 spiro atoms. The van der Waals surface area contributed by atoms with Gasteiger partial charge < -0.3 is 4.74 Å². The van der Waals surface area contributed by atoms with E-state index in [1.165, 1.54) is 31.8 Å². The maximum atomic E-state index is 12.3. The largest absolute Gasteiger partial charge is 0.378 e. The number of ether oxygens (including phenoxy) is 1. The lowest BCUT2D eigenvalue weighted by Crippen LogP contribution is -2.28. The lowest BCUT2D eigenvalue weighted by atomic mass is 9.70. The minimum atomic E-state index is -1.50. The van der Waals surface area contributed by atoms with Gasteiger partial charge in [0.05, 0.1) is 6.10 Å². The lowest BCUT2D eigenvalue weighted by molar-refractivity contribution is 0.00792. The van der Waals surface area contributed by atoms with Crippen LogP contribution in [0.2, 0.25) is 0 Å². The number of hydrogen-bond donors (Lipinski definition) is 0. The van der Waals surface area contributed by atoms with Gasteiger partial charge in [0, 0.05) is 6.61 Å². The Morgan fingerprint density at radius 1 is 0.950 bits per heavy atom. The summed E-state index contributed by atoms with van der Waals surface area (Å²) in [5.41, 5.74) is 0. The van der Waals surface area contributed by atoms with Gasteiger partial charge in [0.25, 0.3) is 6.08 Å². The van der Waals surface area contributed by atoms with E-state index in [1.807, 2.05) is 0 Å². The first-order valence-electron chi connectivity index (χ1n) is 8.33. The third-order valence-electron chi connectivity index (χ3n) is 5.12. The molecule has 2 saturated carbocycles. The van der Waals surface area contributed by atoms with E-state index in [-0.39, 0.29) is 5.92 Å². The maximum Gasteiger partial charge on any atom is 0.266 e. The molecule has 0 atom stereocenters. The summed E-state index contributed by atoms with van der Waals surface area (Å²) in [5.74, 6) is 1.71. The maximum absolute atomic E-state index is 12.3. The molecule has 116 valence electrons. The highest BCUT2D eigenvalue weighted by Crippen LogP contribution is 2.41. The normalized spacial score (nSPS) is 34.8. The van der Waals surface area contributed by atoms with E-state index in [1.54, 1.807) is 0 Å². The fourth-order valence-corrected chi connectivity index (χ4v) is 3.97. The Hall–Kier alpha value is -0.440. The van der Waals surface area contributed by atoms with Crippen molar-refractivity contribution in [1.82, 2.24) is 0 Å². The highest BCUT2D eigenvalue weighted by Gasteiger charge is 2.30. The van der Waals surface area contributed by atoms with Gasteiger partial charge in [-0.1, -0.05) is 6.92 Å². The van der Waals surface area contributed by atoms with Gasteiger partial charge in [0.2, 0.25) is 0 Å². The topological polar surface area (TPSA) is 9.23 Å². The molecule has 2 fully saturated rings. The van der Waals surface area contributed by atoms with Crippen molar-refractivity contribution < 1.29 is 13.5 Å². The summed E-state index contributed by atoms with van der Waals surface area (Å²) in [6.07, 6.45) is 10.4. The van der Waals surface area contributed by atoms with Crippen LogP contribution < -0.4 is 0 Å². The van der Waals surface area contributed by atoms with E-state index in [4.69, 9.17) is 4.74 Å². The number of allylic oxidation sites excluding steroid dienone is 1. The predicted molar refractivity (Wildman–Crippen MR) is 77.7 cm³/mol. The third kappa shape index (κ3) is 4.83. The van der Waals surface area contributed by atoms with Crippen LogP contribution >= 0.6 is 0 Å². The molecule has 0 aliphatic heterocycles. The number of hydrogen-bond acceptors (Lipinski definition) is 1. The number of rotatable bonds is 5. The first kappa shape index (κ1) is 15.9. The Kier molecular flexibility index (Phi) is 6.47. The summed E-state index contributed by atoms with van der Waals surface area (Å²) in [7, 11) is 0. The molecule has 0 N–H and O–H groups in total. The molecule has 2 aliphatic rings. The minimum Gasteiger partial charge on any atom is -0.378 e. The average molecular weight is 286 g/mol. The van der Waals surface area contributed by atoms with Crippen molar-refractivity contribution in [3.05, 3.63) is 12.2 Å². The highest BCUT2D eigenvalue weighted by atomic mass is 19.3. The first-order valence-corrected chi connectivity index (χ1v) is 8.33. The van der Waals surface area contributed by atoms with Crippen molar-refractivity contribution in [1.29, 1.82) is 0 Å². The van der Waals surface area contributed by atoms with E-state index < -0.39 is 6.08 Å². The summed E-state index contributed by atoms with van der Waals surface area (Å²) in [4.78, 5) is 0. The second kappa shape index (κ2) is 8.11. The minimum absolute atomic E-state index is 0.125. The molecule has 3 heteroatoms. The smallest absolute Gasteiger partial charge is 0.266 e. The molecule has 0 aromatic carbocycles. The van der Waals surface area contributed by atoms with Gasteiger partial charge in [-0.2, -0.15) is 8.78 Å². The van der Waals surface area contributed by atoms with Gasteiger partial charge in [0.1, 0.15) is 0 Å². The summed E-state index contributed by atoms with van der Waals surface area (Å²) in [6.45, 7) is 3.04. The molecule has 0 amide bonds. The zero-order valence-electron chi connectivity index (χ0n) is 12.6. The van der Waals surface area contributed by atoms with Crippen LogP contribution in [-0.4, -0.2) is 12.7 Å². The Morgan fingerprint density at radius 2 is 1.50 bits per heavy atom. The van der Waals surface area contributed by atoms with Gasteiger partial charge >= 0.3 is 0 Å². The SMILES string of the molecule is CCCOC1CCC(C2CCC(C=C(F)F)CC2)CC1. The fourth-order valence-electron chi connectivity index (χ4n) is 3.97. The molecule has 2 rings (SSSR count). The van der Waals surface area contributed by atoms with Crippen LogP contribution in [0.5, 0.6) is 0 Å². The number of halogens is 2. The van der Waals surface area contributed by atoms with Crippen LogP contribution in [0, 0.1) is 17.8 Å². The van der Waals surface area contributed by atoms with Gasteiger partial charge in [0.15, 0.2) is 0 Å². The summed E-state index contributed by atoms with van der Waals surface area (Å²) in [5, 5.41) is 0. The third-order valence-corrected chi connectivity index (χ3v) is 5.12. The van der Waals surface area contributed by atoms with Gasteiger partial charge in [-0.15, -0.1) is 0 Å². The second-order valence-electron chi connectivity index (χ2n) is 6.54. The molecule has 0 radical (unpaired) electrons. The second-order valence-corrected chi connectivity index (χ2v) is 6.54. The molecule has 0 unspecified atom stereocenters. The molecule has 0 heterocycles. The Bertz CT molecular complexity index is 296. The van der Waals surface area contributed by atoms with Crippen LogP contribution in [-0.2, 0) is 4.74 Å². The molecule has 0 saturated heterocycles. The summed E-state index contributed by atoms with van der Waals surface area (Å²) >= 11 is 0.